The lowest BCUT2D eigenvalue weighted by atomic mass is 10.1. The molecule has 2 heterocycles. The van der Waals surface area contributed by atoms with Gasteiger partial charge in [-0.15, -0.1) is 0 Å². The molecule has 1 aromatic carbocycles. The topological polar surface area (TPSA) is 111 Å². The Morgan fingerprint density at radius 3 is 2.31 bits per heavy atom. The van der Waals surface area contributed by atoms with Crippen molar-refractivity contribution < 1.29 is 40.3 Å². The summed E-state index contributed by atoms with van der Waals surface area (Å²) in [6.45, 7) is 6.12. The van der Waals surface area contributed by atoms with E-state index in [2.05, 4.69) is 10.1 Å². The Morgan fingerprint density at radius 2 is 1.74 bits per heavy atom. The maximum absolute atomic E-state index is 13.9. The number of halogens is 4. The van der Waals surface area contributed by atoms with Crippen molar-refractivity contribution in [3.05, 3.63) is 71.6 Å². The van der Waals surface area contributed by atoms with E-state index in [9.17, 15) is 35.6 Å². The third-order valence-corrected chi connectivity index (χ3v) is 9.11. The van der Waals surface area contributed by atoms with Crippen molar-refractivity contribution >= 4 is 21.8 Å². The summed E-state index contributed by atoms with van der Waals surface area (Å²) in [6.07, 6.45) is -2.35. The van der Waals surface area contributed by atoms with Gasteiger partial charge in [-0.05, 0) is 76.9 Å². The number of aryl methyl sites for hydroxylation is 1. The van der Waals surface area contributed by atoms with Crippen LogP contribution in [0.1, 0.15) is 57.0 Å². The van der Waals surface area contributed by atoms with Crippen LogP contribution >= 0.6 is 0 Å². The molecule has 226 valence electrons. The summed E-state index contributed by atoms with van der Waals surface area (Å²) in [5, 5.41) is 3.16. The molecule has 0 aliphatic heterocycles. The van der Waals surface area contributed by atoms with Crippen molar-refractivity contribution in [2.75, 3.05) is 0 Å². The predicted molar refractivity (Wildman–Crippen MR) is 143 cm³/mol. The first-order chi connectivity index (χ1) is 19.5. The van der Waals surface area contributed by atoms with Crippen molar-refractivity contribution in [2.45, 2.75) is 75.4 Å². The van der Waals surface area contributed by atoms with Gasteiger partial charge in [0.25, 0.3) is 0 Å². The van der Waals surface area contributed by atoms with E-state index < -0.39 is 56.3 Å². The highest BCUT2D eigenvalue weighted by molar-refractivity contribution is 7.92. The van der Waals surface area contributed by atoms with Gasteiger partial charge in [-0.25, -0.2) is 32.2 Å². The minimum absolute atomic E-state index is 0.125. The average Bonchev–Trinajstić information content (AvgIpc) is 3.53. The Kier molecular flexibility index (Phi) is 8.50. The molecule has 2 unspecified atom stereocenters. The normalized spacial score (nSPS) is 17.7. The lowest BCUT2D eigenvalue weighted by molar-refractivity contribution is -0.141. The van der Waals surface area contributed by atoms with Crippen LogP contribution in [0.25, 0.3) is 5.69 Å². The predicted octanol–water partition coefficient (Wildman–Crippen LogP) is 5.64. The molecule has 1 aliphatic carbocycles. The van der Waals surface area contributed by atoms with E-state index in [4.69, 9.17) is 4.74 Å². The van der Waals surface area contributed by atoms with Gasteiger partial charge in [0.05, 0.1) is 40.2 Å². The van der Waals surface area contributed by atoms with Crippen LogP contribution in [0.5, 0.6) is 0 Å². The van der Waals surface area contributed by atoms with Gasteiger partial charge in [0.1, 0.15) is 17.1 Å². The SMILES string of the molecule is Cc1nn(-c2ccc(C(F)(F)F)nc2)cc1CN(C(=O)OC(C)(C)C)C(=O)C1CCCC1S(=O)(=O)c1ccc(F)cc1. The zero-order valence-corrected chi connectivity index (χ0v) is 24.2. The number of carbonyl (C=O) groups excluding carboxylic acids is 2. The summed E-state index contributed by atoms with van der Waals surface area (Å²) in [5.74, 6) is -2.42. The summed E-state index contributed by atoms with van der Waals surface area (Å²) >= 11 is 0. The first kappa shape index (κ1) is 31.1. The first-order valence-electron chi connectivity index (χ1n) is 13.1. The lowest BCUT2D eigenvalue weighted by Gasteiger charge is -2.29. The fourth-order valence-electron chi connectivity index (χ4n) is 4.77. The minimum Gasteiger partial charge on any atom is -0.443 e. The molecule has 1 fully saturated rings. The number of imide groups is 1. The fourth-order valence-corrected chi connectivity index (χ4v) is 6.80. The molecule has 14 heteroatoms. The summed E-state index contributed by atoms with van der Waals surface area (Å²) in [7, 11) is -4.04. The van der Waals surface area contributed by atoms with Crippen LogP contribution in [0.3, 0.4) is 0 Å². The monoisotopic (exact) mass is 610 g/mol. The third kappa shape index (κ3) is 6.80. The number of amides is 2. The van der Waals surface area contributed by atoms with Gasteiger partial charge in [-0.2, -0.15) is 18.3 Å². The van der Waals surface area contributed by atoms with Crippen molar-refractivity contribution in [1.82, 2.24) is 19.7 Å². The molecule has 1 saturated carbocycles. The number of ether oxygens (including phenoxy) is 1. The second-order valence-electron chi connectivity index (χ2n) is 11.1. The van der Waals surface area contributed by atoms with Crippen molar-refractivity contribution in [2.24, 2.45) is 5.92 Å². The van der Waals surface area contributed by atoms with Crippen molar-refractivity contribution in [3.8, 4) is 5.69 Å². The van der Waals surface area contributed by atoms with Crippen LogP contribution in [0.2, 0.25) is 0 Å². The van der Waals surface area contributed by atoms with Crippen LogP contribution in [0.4, 0.5) is 22.4 Å². The highest BCUT2D eigenvalue weighted by atomic mass is 32.2. The molecule has 2 atom stereocenters. The molecule has 0 N–H and O–H groups in total. The summed E-state index contributed by atoms with van der Waals surface area (Å²) in [6, 6.07) is 6.33. The molecule has 3 aromatic rings. The Balaban J connectivity index is 1.65. The maximum atomic E-state index is 13.9. The molecule has 0 saturated heterocycles. The molecule has 1 aliphatic rings. The summed E-state index contributed by atoms with van der Waals surface area (Å²) in [4.78, 5) is 31.3. The highest BCUT2D eigenvalue weighted by Gasteiger charge is 2.45. The molecular formula is C28H30F4N4O5S. The lowest BCUT2D eigenvalue weighted by Crippen LogP contribution is -2.46. The number of hydrogen-bond donors (Lipinski definition) is 0. The zero-order valence-electron chi connectivity index (χ0n) is 23.4. The molecule has 9 nitrogen and oxygen atoms in total. The summed E-state index contributed by atoms with van der Waals surface area (Å²) < 4.78 is 85.8. The van der Waals surface area contributed by atoms with Crippen LogP contribution in [0.15, 0.2) is 53.7 Å². The van der Waals surface area contributed by atoms with Crippen LogP contribution in [0, 0.1) is 18.7 Å². The highest BCUT2D eigenvalue weighted by Crippen LogP contribution is 2.37. The minimum atomic E-state index is -4.61. The van der Waals surface area contributed by atoms with E-state index in [0.29, 0.717) is 17.7 Å². The molecule has 4 rings (SSSR count). The number of sulfone groups is 1. The molecule has 2 aromatic heterocycles. The van der Waals surface area contributed by atoms with Crippen molar-refractivity contribution in [1.29, 1.82) is 0 Å². The van der Waals surface area contributed by atoms with E-state index in [1.54, 1.807) is 27.7 Å². The van der Waals surface area contributed by atoms with Gasteiger partial charge in [0, 0.05) is 11.8 Å². The Hall–Kier alpha value is -3.81. The first-order valence-corrected chi connectivity index (χ1v) is 14.6. The number of aromatic nitrogens is 3. The smallest absolute Gasteiger partial charge is 0.433 e. The van der Waals surface area contributed by atoms with Crippen LogP contribution in [-0.2, 0) is 32.1 Å². The molecule has 0 bridgehead atoms. The van der Waals surface area contributed by atoms with E-state index >= 15 is 0 Å². The van der Waals surface area contributed by atoms with E-state index in [-0.39, 0.29) is 30.0 Å². The Morgan fingerprint density at radius 1 is 1.07 bits per heavy atom. The zero-order chi connectivity index (χ0) is 31.0. The molecular weight excluding hydrogens is 580 g/mol. The fraction of sp³-hybridized carbons (Fsp3) is 0.429. The number of nitrogens with zero attached hydrogens (tertiary/aromatic N) is 4. The quantitative estimate of drug-likeness (QED) is 0.262. The summed E-state index contributed by atoms with van der Waals surface area (Å²) in [5.41, 5.74) is -1.08. The maximum Gasteiger partial charge on any atom is 0.433 e. The van der Waals surface area contributed by atoms with Crippen LogP contribution < -0.4 is 0 Å². The number of hydrogen-bond acceptors (Lipinski definition) is 7. The standard InChI is InChI=1S/C28H30F4N4O5S/c1-17-18(16-36(34-17)20-10-13-24(33-14-20)28(30,31)32)15-35(26(38)41-27(2,3)4)25(37)22-6-5-7-23(22)42(39,40)21-11-8-19(29)9-12-21/h8-14,16,22-23H,5-7,15H2,1-4H3. The second-order valence-corrected chi connectivity index (χ2v) is 13.2. The number of rotatable bonds is 6. The number of alkyl halides is 3. The Labute approximate surface area is 240 Å². The molecule has 0 spiro atoms. The number of pyridine rings is 1. The third-order valence-electron chi connectivity index (χ3n) is 6.82. The second kappa shape index (κ2) is 11.5. The molecule has 2 amide bonds. The Bertz CT molecular complexity index is 1560. The van der Waals surface area contributed by atoms with Crippen molar-refractivity contribution in [3.63, 3.8) is 0 Å². The average molecular weight is 611 g/mol. The van der Waals surface area contributed by atoms with Gasteiger partial charge in [0.15, 0.2) is 9.84 Å². The van der Waals surface area contributed by atoms with E-state index in [1.165, 1.54) is 16.9 Å². The van der Waals surface area contributed by atoms with Crippen LogP contribution in [-0.4, -0.2) is 50.9 Å². The largest absolute Gasteiger partial charge is 0.443 e. The van der Waals surface area contributed by atoms with Gasteiger partial charge in [-0.3, -0.25) is 4.79 Å². The van der Waals surface area contributed by atoms with Gasteiger partial charge >= 0.3 is 12.3 Å². The molecule has 0 radical (unpaired) electrons. The van der Waals surface area contributed by atoms with Gasteiger partial charge < -0.3 is 4.74 Å². The number of benzene rings is 1. The molecule has 42 heavy (non-hydrogen) atoms. The van der Waals surface area contributed by atoms with Gasteiger partial charge in [0.2, 0.25) is 5.91 Å². The number of carbonyl (C=O) groups is 2. The van der Waals surface area contributed by atoms with E-state index in [0.717, 1.165) is 41.4 Å². The van der Waals surface area contributed by atoms with Gasteiger partial charge in [-0.1, -0.05) is 6.42 Å². The van der Waals surface area contributed by atoms with E-state index in [1.807, 2.05) is 0 Å².